The van der Waals surface area contributed by atoms with Crippen molar-refractivity contribution in [1.29, 1.82) is 0 Å². The van der Waals surface area contributed by atoms with Gasteiger partial charge in [-0.05, 0) is 25.1 Å². The summed E-state index contributed by atoms with van der Waals surface area (Å²) in [7, 11) is 3.13. The summed E-state index contributed by atoms with van der Waals surface area (Å²) in [5.41, 5.74) is 0.727. The van der Waals surface area contributed by atoms with Gasteiger partial charge in [-0.25, -0.2) is 4.98 Å². The van der Waals surface area contributed by atoms with Crippen molar-refractivity contribution < 1.29 is 9.47 Å². The van der Waals surface area contributed by atoms with E-state index < -0.39 is 0 Å². The number of nitrogens with one attached hydrogen (secondary N) is 1. The summed E-state index contributed by atoms with van der Waals surface area (Å²) in [6.45, 7) is 2.97. The number of rotatable bonds is 7. The predicted molar refractivity (Wildman–Crippen MR) is 84.6 cm³/mol. The SMILES string of the molecule is CCCNC(c1ccc(Cl)s1)c1ncc(OC)nc1OC. The second kappa shape index (κ2) is 7.59. The summed E-state index contributed by atoms with van der Waals surface area (Å²) in [6.07, 6.45) is 2.61. The van der Waals surface area contributed by atoms with Crippen LogP contribution in [0.1, 0.15) is 30.0 Å². The van der Waals surface area contributed by atoms with Gasteiger partial charge >= 0.3 is 0 Å². The summed E-state index contributed by atoms with van der Waals surface area (Å²) < 4.78 is 11.2. The monoisotopic (exact) mass is 327 g/mol. The fourth-order valence-corrected chi connectivity index (χ4v) is 3.06. The molecule has 2 rings (SSSR count). The molecule has 0 spiro atoms. The van der Waals surface area contributed by atoms with E-state index in [0.717, 1.165) is 27.9 Å². The zero-order chi connectivity index (χ0) is 15.2. The summed E-state index contributed by atoms with van der Waals surface area (Å²) in [5.74, 6) is 0.876. The number of aromatic nitrogens is 2. The second-order valence-corrected chi connectivity index (χ2v) is 6.08. The molecule has 0 aliphatic heterocycles. The quantitative estimate of drug-likeness (QED) is 0.845. The average Bonchev–Trinajstić information content (AvgIpc) is 2.94. The largest absolute Gasteiger partial charge is 0.480 e. The van der Waals surface area contributed by atoms with Crippen LogP contribution in [0.5, 0.6) is 11.8 Å². The van der Waals surface area contributed by atoms with Crippen LogP contribution in [0.3, 0.4) is 0 Å². The van der Waals surface area contributed by atoms with Crippen LogP contribution < -0.4 is 14.8 Å². The zero-order valence-corrected chi connectivity index (χ0v) is 13.8. The maximum atomic E-state index is 6.05. The molecule has 114 valence electrons. The van der Waals surface area contributed by atoms with E-state index in [9.17, 15) is 0 Å². The van der Waals surface area contributed by atoms with E-state index in [-0.39, 0.29) is 6.04 Å². The molecule has 0 bridgehead atoms. The van der Waals surface area contributed by atoms with E-state index in [4.69, 9.17) is 21.1 Å². The Labute approximate surface area is 133 Å². The number of methoxy groups -OCH3 is 2. The molecule has 0 aliphatic rings. The lowest BCUT2D eigenvalue weighted by Gasteiger charge is -2.18. The van der Waals surface area contributed by atoms with Crippen molar-refractivity contribution in [3.05, 3.63) is 33.2 Å². The predicted octanol–water partition coefficient (Wildman–Crippen LogP) is 3.30. The molecule has 2 aromatic heterocycles. The molecule has 0 radical (unpaired) electrons. The van der Waals surface area contributed by atoms with Gasteiger partial charge in [-0.15, -0.1) is 11.3 Å². The van der Waals surface area contributed by atoms with Gasteiger partial charge in [-0.2, -0.15) is 4.98 Å². The molecule has 0 aromatic carbocycles. The van der Waals surface area contributed by atoms with Crippen LogP contribution in [-0.4, -0.2) is 30.7 Å². The van der Waals surface area contributed by atoms with Gasteiger partial charge in [0.15, 0.2) is 0 Å². The molecule has 0 saturated carbocycles. The Bertz CT molecular complexity index is 591. The first-order chi connectivity index (χ1) is 10.2. The third kappa shape index (κ3) is 3.84. The molecule has 0 amide bonds. The molecule has 7 heteroatoms. The molecule has 2 heterocycles. The Morgan fingerprint density at radius 3 is 2.71 bits per heavy atom. The molecule has 0 fully saturated rings. The van der Waals surface area contributed by atoms with Crippen LogP contribution >= 0.6 is 22.9 Å². The maximum Gasteiger partial charge on any atom is 0.240 e. The molecule has 21 heavy (non-hydrogen) atoms. The fourth-order valence-electron chi connectivity index (χ4n) is 1.92. The molecule has 0 saturated heterocycles. The van der Waals surface area contributed by atoms with Crippen molar-refractivity contribution in [1.82, 2.24) is 15.3 Å². The van der Waals surface area contributed by atoms with Crippen LogP contribution in [0.2, 0.25) is 4.34 Å². The van der Waals surface area contributed by atoms with E-state index in [2.05, 4.69) is 22.2 Å². The van der Waals surface area contributed by atoms with Gasteiger partial charge in [0.1, 0.15) is 5.69 Å². The van der Waals surface area contributed by atoms with Gasteiger partial charge in [0.25, 0.3) is 0 Å². The van der Waals surface area contributed by atoms with Crippen molar-refractivity contribution in [2.75, 3.05) is 20.8 Å². The highest BCUT2D eigenvalue weighted by molar-refractivity contribution is 7.16. The smallest absolute Gasteiger partial charge is 0.240 e. The molecule has 5 nitrogen and oxygen atoms in total. The molecule has 1 N–H and O–H groups in total. The first-order valence-electron chi connectivity index (χ1n) is 6.63. The van der Waals surface area contributed by atoms with E-state index in [1.807, 2.05) is 12.1 Å². The van der Waals surface area contributed by atoms with Crippen LogP contribution in [-0.2, 0) is 0 Å². The highest BCUT2D eigenvalue weighted by Crippen LogP contribution is 2.33. The minimum Gasteiger partial charge on any atom is -0.480 e. The number of thiophene rings is 1. The molecule has 1 unspecified atom stereocenters. The number of nitrogens with zero attached hydrogens (tertiary/aromatic N) is 2. The summed E-state index contributed by atoms with van der Waals surface area (Å²) >= 11 is 7.57. The highest BCUT2D eigenvalue weighted by atomic mass is 35.5. The number of hydrogen-bond donors (Lipinski definition) is 1. The zero-order valence-electron chi connectivity index (χ0n) is 12.2. The van der Waals surface area contributed by atoms with E-state index in [1.165, 1.54) is 11.3 Å². The van der Waals surface area contributed by atoms with Gasteiger partial charge in [-0.1, -0.05) is 18.5 Å². The summed E-state index contributed by atoms with van der Waals surface area (Å²) in [6, 6.07) is 3.77. The Morgan fingerprint density at radius 1 is 1.33 bits per heavy atom. The number of halogens is 1. The normalized spacial score (nSPS) is 12.2. The van der Waals surface area contributed by atoms with E-state index in [0.29, 0.717) is 11.8 Å². The van der Waals surface area contributed by atoms with Crippen LogP contribution in [0.4, 0.5) is 0 Å². The standard InChI is InChI=1S/C14H18ClN3O2S/c1-4-7-16-12(9-5-6-10(15)21-9)13-14(20-3)18-11(19-2)8-17-13/h5-6,8,12,16H,4,7H2,1-3H3. The third-order valence-electron chi connectivity index (χ3n) is 2.90. The minimum absolute atomic E-state index is 0.101. The Morgan fingerprint density at radius 2 is 2.14 bits per heavy atom. The molecule has 2 aromatic rings. The highest BCUT2D eigenvalue weighted by Gasteiger charge is 2.22. The van der Waals surface area contributed by atoms with Gasteiger partial charge < -0.3 is 14.8 Å². The fraction of sp³-hybridized carbons (Fsp3) is 0.429. The van der Waals surface area contributed by atoms with Crippen molar-refractivity contribution in [3.8, 4) is 11.8 Å². The Hall–Kier alpha value is -1.37. The van der Waals surface area contributed by atoms with Crippen LogP contribution in [0.15, 0.2) is 18.3 Å². The molecule has 0 aliphatic carbocycles. The second-order valence-electron chi connectivity index (χ2n) is 4.34. The number of hydrogen-bond acceptors (Lipinski definition) is 6. The molecule has 1 atom stereocenters. The van der Waals surface area contributed by atoms with Gasteiger partial charge in [0.2, 0.25) is 11.8 Å². The Kier molecular flexibility index (Phi) is 5.78. The topological polar surface area (TPSA) is 56.3 Å². The van der Waals surface area contributed by atoms with E-state index in [1.54, 1.807) is 20.4 Å². The van der Waals surface area contributed by atoms with Crippen molar-refractivity contribution in [2.45, 2.75) is 19.4 Å². The first kappa shape index (κ1) is 16.0. The number of ether oxygens (including phenoxy) is 2. The Balaban J connectivity index is 2.40. The lowest BCUT2D eigenvalue weighted by atomic mass is 10.1. The lowest BCUT2D eigenvalue weighted by Crippen LogP contribution is -2.24. The van der Waals surface area contributed by atoms with Gasteiger partial charge in [-0.3, -0.25) is 0 Å². The average molecular weight is 328 g/mol. The van der Waals surface area contributed by atoms with Gasteiger partial charge in [0.05, 0.1) is 30.8 Å². The third-order valence-corrected chi connectivity index (χ3v) is 4.19. The minimum atomic E-state index is -0.101. The van der Waals surface area contributed by atoms with E-state index >= 15 is 0 Å². The summed E-state index contributed by atoms with van der Waals surface area (Å²) in [5, 5.41) is 3.46. The summed E-state index contributed by atoms with van der Waals surface area (Å²) in [4.78, 5) is 9.82. The first-order valence-corrected chi connectivity index (χ1v) is 7.82. The maximum absolute atomic E-state index is 6.05. The van der Waals surface area contributed by atoms with Crippen molar-refractivity contribution in [3.63, 3.8) is 0 Å². The molecular formula is C14H18ClN3O2S. The lowest BCUT2D eigenvalue weighted by molar-refractivity contribution is 0.352. The van der Waals surface area contributed by atoms with Crippen molar-refractivity contribution in [2.24, 2.45) is 0 Å². The van der Waals surface area contributed by atoms with Gasteiger partial charge in [0, 0.05) is 4.88 Å². The molecular weight excluding hydrogens is 310 g/mol. The van der Waals surface area contributed by atoms with Crippen LogP contribution in [0.25, 0.3) is 0 Å². The van der Waals surface area contributed by atoms with Crippen LogP contribution in [0, 0.1) is 0 Å². The van der Waals surface area contributed by atoms with Crippen molar-refractivity contribution >= 4 is 22.9 Å².